The van der Waals surface area contributed by atoms with Crippen molar-refractivity contribution < 1.29 is 24.6 Å². The van der Waals surface area contributed by atoms with Crippen molar-refractivity contribution in [1.29, 1.82) is 0 Å². The first-order valence-electron chi connectivity index (χ1n) is 6.46. The zero-order valence-corrected chi connectivity index (χ0v) is 11.8. The molecule has 0 aromatic rings. The van der Waals surface area contributed by atoms with Gasteiger partial charge in [0.05, 0.1) is 5.92 Å². The SMILES string of the molecule is CC(C)CC(=O)N(CCCC(=O)O)CC(C)C(=O)O. The van der Waals surface area contributed by atoms with Crippen LogP contribution in [-0.2, 0) is 14.4 Å². The number of hydrogen-bond donors (Lipinski definition) is 2. The quantitative estimate of drug-likeness (QED) is 0.663. The Kier molecular flexibility index (Phi) is 7.79. The van der Waals surface area contributed by atoms with Gasteiger partial charge in [-0.15, -0.1) is 0 Å². The summed E-state index contributed by atoms with van der Waals surface area (Å²) in [5.74, 6) is -2.45. The lowest BCUT2D eigenvalue weighted by molar-refractivity contribution is -0.144. The van der Waals surface area contributed by atoms with E-state index >= 15 is 0 Å². The number of hydrogen-bond acceptors (Lipinski definition) is 3. The number of carboxylic acid groups (broad SMARTS) is 2. The highest BCUT2D eigenvalue weighted by molar-refractivity contribution is 5.77. The van der Waals surface area contributed by atoms with Crippen LogP contribution in [0, 0.1) is 11.8 Å². The van der Waals surface area contributed by atoms with Crippen LogP contribution in [0.2, 0.25) is 0 Å². The number of carbonyl (C=O) groups is 3. The highest BCUT2D eigenvalue weighted by Gasteiger charge is 2.21. The Morgan fingerprint density at radius 3 is 2.11 bits per heavy atom. The lowest BCUT2D eigenvalue weighted by Crippen LogP contribution is -2.38. The molecule has 0 aliphatic carbocycles. The van der Waals surface area contributed by atoms with Crippen LogP contribution in [0.1, 0.15) is 40.0 Å². The Balaban J connectivity index is 4.49. The van der Waals surface area contributed by atoms with Gasteiger partial charge in [-0.25, -0.2) is 0 Å². The number of nitrogens with zero attached hydrogens (tertiary/aromatic N) is 1. The molecule has 1 atom stereocenters. The summed E-state index contributed by atoms with van der Waals surface area (Å²) < 4.78 is 0. The van der Waals surface area contributed by atoms with Crippen molar-refractivity contribution in [3.63, 3.8) is 0 Å². The van der Waals surface area contributed by atoms with E-state index in [0.29, 0.717) is 12.8 Å². The largest absolute Gasteiger partial charge is 0.481 e. The molecule has 1 unspecified atom stereocenters. The van der Waals surface area contributed by atoms with Crippen LogP contribution in [0.5, 0.6) is 0 Å². The maximum atomic E-state index is 12.0. The summed E-state index contributed by atoms with van der Waals surface area (Å²) in [4.78, 5) is 34.7. The van der Waals surface area contributed by atoms with E-state index in [9.17, 15) is 14.4 Å². The lowest BCUT2D eigenvalue weighted by Gasteiger charge is -2.25. The average molecular weight is 273 g/mol. The molecule has 0 rings (SSSR count). The molecule has 0 aliphatic heterocycles. The zero-order valence-electron chi connectivity index (χ0n) is 11.8. The molecule has 19 heavy (non-hydrogen) atoms. The highest BCUT2D eigenvalue weighted by atomic mass is 16.4. The topological polar surface area (TPSA) is 94.9 Å². The van der Waals surface area contributed by atoms with Crippen LogP contribution < -0.4 is 0 Å². The van der Waals surface area contributed by atoms with Gasteiger partial charge in [0, 0.05) is 25.9 Å². The van der Waals surface area contributed by atoms with Gasteiger partial charge in [-0.2, -0.15) is 0 Å². The standard InChI is InChI=1S/C13H23NO5/c1-9(2)7-11(15)14(6-4-5-12(16)17)8-10(3)13(18)19/h9-10H,4-8H2,1-3H3,(H,16,17)(H,18,19). The molecule has 0 saturated heterocycles. The summed E-state index contributed by atoms with van der Waals surface area (Å²) in [5.41, 5.74) is 0. The maximum Gasteiger partial charge on any atom is 0.308 e. The Hall–Kier alpha value is -1.59. The van der Waals surface area contributed by atoms with Crippen molar-refractivity contribution in [1.82, 2.24) is 4.90 Å². The summed E-state index contributed by atoms with van der Waals surface area (Å²) >= 11 is 0. The third kappa shape index (κ3) is 8.18. The molecule has 0 saturated carbocycles. The van der Waals surface area contributed by atoms with E-state index in [1.54, 1.807) is 0 Å². The molecule has 0 aromatic heterocycles. The number of carbonyl (C=O) groups excluding carboxylic acids is 1. The van der Waals surface area contributed by atoms with E-state index in [4.69, 9.17) is 10.2 Å². The number of amides is 1. The molecule has 0 radical (unpaired) electrons. The molecule has 2 N–H and O–H groups in total. The van der Waals surface area contributed by atoms with Crippen LogP contribution >= 0.6 is 0 Å². The lowest BCUT2D eigenvalue weighted by atomic mass is 10.1. The first kappa shape index (κ1) is 17.4. The smallest absolute Gasteiger partial charge is 0.308 e. The van der Waals surface area contributed by atoms with E-state index in [1.165, 1.54) is 11.8 Å². The molecule has 0 spiro atoms. The number of aliphatic carboxylic acids is 2. The van der Waals surface area contributed by atoms with Crippen molar-refractivity contribution >= 4 is 17.8 Å². The van der Waals surface area contributed by atoms with E-state index in [0.717, 1.165) is 0 Å². The average Bonchev–Trinajstić information content (AvgIpc) is 2.25. The molecule has 110 valence electrons. The normalized spacial score (nSPS) is 12.2. The Morgan fingerprint density at radius 1 is 1.11 bits per heavy atom. The van der Waals surface area contributed by atoms with E-state index in [1.807, 2.05) is 13.8 Å². The second-order valence-corrected chi connectivity index (χ2v) is 5.17. The fourth-order valence-electron chi connectivity index (χ4n) is 1.63. The predicted molar refractivity (Wildman–Crippen MR) is 69.7 cm³/mol. The molecule has 0 aromatic carbocycles. The van der Waals surface area contributed by atoms with Crippen molar-refractivity contribution in [3.8, 4) is 0 Å². The van der Waals surface area contributed by atoms with Gasteiger partial charge < -0.3 is 15.1 Å². The first-order chi connectivity index (χ1) is 8.73. The molecule has 1 amide bonds. The third-order valence-corrected chi connectivity index (χ3v) is 2.67. The maximum absolute atomic E-state index is 12.0. The van der Waals surface area contributed by atoms with Crippen LogP contribution in [0.15, 0.2) is 0 Å². The van der Waals surface area contributed by atoms with E-state index in [-0.39, 0.29) is 31.3 Å². The monoisotopic (exact) mass is 273 g/mol. The van der Waals surface area contributed by atoms with Crippen molar-refractivity contribution in [2.45, 2.75) is 40.0 Å². The van der Waals surface area contributed by atoms with Crippen LogP contribution in [0.25, 0.3) is 0 Å². The van der Waals surface area contributed by atoms with Crippen LogP contribution in [0.4, 0.5) is 0 Å². The molecule has 6 nitrogen and oxygen atoms in total. The second kappa shape index (κ2) is 8.50. The van der Waals surface area contributed by atoms with Crippen molar-refractivity contribution in [2.75, 3.05) is 13.1 Å². The van der Waals surface area contributed by atoms with Gasteiger partial charge in [-0.05, 0) is 12.3 Å². The molecule has 6 heteroatoms. The molecule has 0 fully saturated rings. The molecule has 0 bridgehead atoms. The Bertz CT molecular complexity index is 327. The van der Waals surface area contributed by atoms with Gasteiger partial charge >= 0.3 is 11.9 Å². The van der Waals surface area contributed by atoms with Crippen LogP contribution in [-0.4, -0.2) is 46.0 Å². The molecular weight excluding hydrogens is 250 g/mol. The van der Waals surface area contributed by atoms with Gasteiger partial charge in [0.25, 0.3) is 0 Å². The van der Waals surface area contributed by atoms with Crippen molar-refractivity contribution in [3.05, 3.63) is 0 Å². The van der Waals surface area contributed by atoms with Gasteiger partial charge in [-0.1, -0.05) is 20.8 Å². The highest BCUT2D eigenvalue weighted by Crippen LogP contribution is 2.09. The van der Waals surface area contributed by atoms with Crippen LogP contribution in [0.3, 0.4) is 0 Å². The fourth-order valence-corrected chi connectivity index (χ4v) is 1.63. The zero-order chi connectivity index (χ0) is 15.0. The summed E-state index contributed by atoms with van der Waals surface area (Å²) in [6.07, 6.45) is 0.665. The van der Waals surface area contributed by atoms with Gasteiger partial charge in [0.2, 0.25) is 5.91 Å². The minimum Gasteiger partial charge on any atom is -0.481 e. The van der Waals surface area contributed by atoms with E-state index < -0.39 is 17.9 Å². The Morgan fingerprint density at radius 2 is 1.68 bits per heavy atom. The molecule has 0 heterocycles. The second-order valence-electron chi connectivity index (χ2n) is 5.17. The number of rotatable bonds is 9. The third-order valence-electron chi connectivity index (χ3n) is 2.67. The van der Waals surface area contributed by atoms with Gasteiger partial charge in [0.1, 0.15) is 0 Å². The summed E-state index contributed by atoms with van der Waals surface area (Å²) in [6.45, 7) is 5.77. The Labute approximate surface area is 113 Å². The summed E-state index contributed by atoms with van der Waals surface area (Å²) in [6, 6.07) is 0. The summed E-state index contributed by atoms with van der Waals surface area (Å²) in [5, 5.41) is 17.5. The van der Waals surface area contributed by atoms with E-state index in [2.05, 4.69) is 0 Å². The summed E-state index contributed by atoms with van der Waals surface area (Å²) in [7, 11) is 0. The number of carboxylic acids is 2. The molecule has 0 aliphatic rings. The fraction of sp³-hybridized carbons (Fsp3) is 0.769. The first-order valence-corrected chi connectivity index (χ1v) is 6.46. The predicted octanol–water partition coefficient (Wildman–Crippen LogP) is 1.45. The minimum absolute atomic E-state index is 0.0209. The molecular formula is C13H23NO5. The van der Waals surface area contributed by atoms with Crippen molar-refractivity contribution in [2.24, 2.45) is 11.8 Å². The van der Waals surface area contributed by atoms with Gasteiger partial charge in [0.15, 0.2) is 0 Å². The van der Waals surface area contributed by atoms with Gasteiger partial charge in [-0.3, -0.25) is 14.4 Å². The minimum atomic E-state index is -0.958.